The van der Waals surface area contributed by atoms with E-state index in [1.54, 1.807) is 23.1 Å². The van der Waals surface area contributed by atoms with E-state index in [9.17, 15) is 9.18 Å². The van der Waals surface area contributed by atoms with Gasteiger partial charge in [-0.1, -0.05) is 0 Å². The minimum atomic E-state index is -0.276. The third-order valence-corrected chi connectivity index (χ3v) is 5.04. The van der Waals surface area contributed by atoms with Gasteiger partial charge in [-0.2, -0.15) is 0 Å². The van der Waals surface area contributed by atoms with Crippen molar-refractivity contribution < 1.29 is 13.9 Å². The highest BCUT2D eigenvalue weighted by atomic mass is 32.2. The van der Waals surface area contributed by atoms with Crippen molar-refractivity contribution in [1.82, 2.24) is 15.1 Å². The molecule has 1 aliphatic rings. The predicted molar refractivity (Wildman–Crippen MR) is 99.1 cm³/mol. The smallest absolute Gasteiger partial charge is 0.233 e. The number of halogens is 1. The summed E-state index contributed by atoms with van der Waals surface area (Å²) in [7, 11) is 3.80. The first-order chi connectivity index (χ1) is 12.5. The Balaban J connectivity index is 1.46. The summed E-state index contributed by atoms with van der Waals surface area (Å²) in [6.07, 6.45) is 0.693. The lowest BCUT2D eigenvalue weighted by molar-refractivity contribution is -0.127. The number of hydrogen-bond donors (Lipinski definition) is 0. The summed E-state index contributed by atoms with van der Waals surface area (Å²) in [6.45, 7) is 1.20. The molecule has 3 rings (SSSR count). The number of amides is 1. The van der Waals surface area contributed by atoms with Crippen molar-refractivity contribution in [1.29, 1.82) is 0 Å². The molecule has 0 spiro atoms. The Bertz CT molecular complexity index is 740. The molecule has 6 nitrogen and oxygen atoms in total. The molecule has 8 heteroatoms. The van der Waals surface area contributed by atoms with Gasteiger partial charge in [0.05, 0.1) is 12.3 Å². The highest BCUT2D eigenvalue weighted by Gasteiger charge is 2.27. The lowest BCUT2D eigenvalue weighted by Crippen LogP contribution is -2.32. The van der Waals surface area contributed by atoms with Crippen LogP contribution in [-0.2, 0) is 4.79 Å². The summed E-state index contributed by atoms with van der Waals surface area (Å²) >= 11 is 1.41. The molecule has 1 aromatic carbocycles. The van der Waals surface area contributed by atoms with Crippen LogP contribution in [0.2, 0.25) is 0 Å². The van der Waals surface area contributed by atoms with Crippen molar-refractivity contribution in [3.05, 3.63) is 42.2 Å². The molecular weight excluding hydrogens is 355 g/mol. The van der Waals surface area contributed by atoms with E-state index in [-0.39, 0.29) is 17.8 Å². The number of aromatic nitrogens is 2. The van der Waals surface area contributed by atoms with E-state index in [2.05, 4.69) is 10.2 Å². The van der Waals surface area contributed by atoms with E-state index >= 15 is 0 Å². The molecule has 0 aliphatic carbocycles. The van der Waals surface area contributed by atoms with E-state index in [0.717, 1.165) is 17.1 Å². The quantitative estimate of drug-likeness (QED) is 0.722. The molecule has 1 unspecified atom stereocenters. The highest BCUT2D eigenvalue weighted by Crippen LogP contribution is 2.21. The fraction of sp³-hybridized carbons (Fsp3) is 0.389. The number of anilines is 1. The van der Waals surface area contributed by atoms with Gasteiger partial charge in [-0.05, 0) is 30.3 Å². The first kappa shape index (κ1) is 18.4. The monoisotopic (exact) mass is 376 g/mol. The Morgan fingerprint density at radius 3 is 2.69 bits per heavy atom. The number of rotatable bonds is 6. The van der Waals surface area contributed by atoms with Gasteiger partial charge in [-0.15, -0.1) is 22.0 Å². The zero-order valence-electron chi connectivity index (χ0n) is 14.8. The second-order valence-corrected chi connectivity index (χ2v) is 7.28. The van der Waals surface area contributed by atoms with Crippen molar-refractivity contribution >= 4 is 23.5 Å². The number of carbonyl (C=O) groups is 1. The van der Waals surface area contributed by atoms with Gasteiger partial charge in [0.15, 0.2) is 5.82 Å². The average molecular weight is 376 g/mol. The maximum atomic E-state index is 12.9. The molecule has 1 aliphatic heterocycles. The van der Waals surface area contributed by atoms with Gasteiger partial charge in [0.25, 0.3) is 0 Å². The maximum Gasteiger partial charge on any atom is 0.233 e. The largest absolute Gasteiger partial charge is 0.471 e. The maximum absolute atomic E-state index is 12.9. The van der Waals surface area contributed by atoms with Crippen molar-refractivity contribution in [2.24, 2.45) is 0 Å². The number of benzene rings is 1. The first-order valence-electron chi connectivity index (χ1n) is 8.35. The highest BCUT2D eigenvalue weighted by molar-refractivity contribution is 8.00. The second kappa shape index (κ2) is 8.35. The summed E-state index contributed by atoms with van der Waals surface area (Å²) in [5, 5.41) is 8.15. The average Bonchev–Trinajstić information content (AvgIpc) is 3.10. The summed E-state index contributed by atoms with van der Waals surface area (Å²) in [6, 6.07) is 9.79. The predicted octanol–water partition coefficient (Wildman–Crippen LogP) is 2.45. The Labute approximate surface area is 156 Å². The summed E-state index contributed by atoms with van der Waals surface area (Å²) in [4.78, 5) is 16.9. The van der Waals surface area contributed by atoms with Crippen LogP contribution in [0.1, 0.15) is 6.42 Å². The summed E-state index contributed by atoms with van der Waals surface area (Å²) in [5.41, 5.74) is 0. The molecule has 1 aromatic heterocycles. The molecule has 138 valence electrons. The minimum Gasteiger partial charge on any atom is -0.471 e. The third-order valence-electron chi connectivity index (χ3n) is 4.05. The van der Waals surface area contributed by atoms with Crippen LogP contribution in [0.4, 0.5) is 10.2 Å². The summed E-state index contributed by atoms with van der Waals surface area (Å²) in [5.74, 6) is 1.34. The zero-order valence-corrected chi connectivity index (χ0v) is 15.6. The van der Waals surface area contributed by atoms with Crippen molar-refractivity contribution in [3.8, 4) is 5.88 Å². The normalized spacial score (nSPS) is 16.6. The Kier molecular flexibility index (Phi) is 5.92. The Morgan fingerprint density at radius 1 is 1.27 bits per heavy atom. The fourth-order valence-corrected chi connectivity index (χ4v) is 3.40. The van der Waals surface area contributed by atoms with Gasteiger partial charge in [0.1, 0.15) is 11.9 Å². The molecule has 0 saturated carbocycles. The number of hydrogen-bond acceptors (Lipinski definition) is 6. The van der Waals surface area contributed by atoms with Crippen LogP contribution in [0.15, 0.2) is 41.3 Å². The Morgan fingerprint density at radius 2 is 2.04 bits per heavy atom. The van der Waals surface area contributed by atoms with Crippen molar-refractivity contribution in [2.75, 3.05) is 37.8 Å². The van der Waals surface area contributed by atoms with E-state index in [1.807, 2.05) is 25.1 Å². The van der Waals surface area contributed by atoms with E-state index in [1.165, 1.54) is 23.9 Å². The lowest BCUT2D eigenvalue weighted by atomic mass is 10.3. The van der Waals surface area contributed by atoms with Gasteiger partial charge in [-0.25, -0.2) is 4.39 Å². The van der Waals surface area contributed by atoms with Crippen LogP contribution in [0.25, 0.3) is 0 Å². The van der Waals surface area contributed by atoms with Crippen molar-refractivity contribution in [3.63, 3.8) is 0 Å². The van der Waals surface area contributed by atoms with Crippen LogP contribution in [-0.4, -0.2) is 60.0 Å². The molecule has 26 heavy (non-hydrogen) atoms. The van der Waals surface area contributed by atoms with E-state index in [0.29, 0.717) is 24.7 Å². The molecule has 0 bridgehead atoms. The second-order valence-electron chi connectivity index (χ2n) is 6.24. The summed E-state index contributed by atoms with van der Waals surface area (Å²) < 4.78 is 18.7. The number of ether oxygens (including phenoxy) is 1. The third kappa shape index (κ3) is 4.85. The molecule has 2 heterocycles. The van der Waals surface area contributed by atoms with Crippen LogP contribution in [0.3, 0.4) is 0 Å². The molecule has 0 N–H and O–H groups in total. The molecule has 0 radical (unpaired) electrons. The molecule has 1 saturated heterocycles. The molecular formula is C18H21FN4O2S. The molecule has 1 atom stereocenters. The van der Waals surface area contributed by atoms with E-state index in [4.69, 9.17) is 4.74 Å². The number of likely N-dealkylation sites (tertiary alicyclic amines) is 1. The van der Waals surface area contributed by atoms with Gasteiger partial charge >= 0.3 is 0 Å². The van der Waals surface area contributed by atoms with Gasteiger partial charge < -0.3 is 14.5 Å². The van der Waals surface area contributed by atoms with Crippen LogP contribution in [0, 0.1) is 5.82 Å². The van der Waals surface area contributed by atoms with Crippen LogP contribution >= 0.6 is 11.8 Å². The minimum absolute atomic E-state index is 0.0551. The van der Waals surface area contributed by atoms with Crippen LogP contribution < -0.4 is 9.64 Å². The van der Waals surface area contributed by atoms with E-state index < -0.39 is 0 Å². The zero-order chi connectivity index (χ0) is 18.5. The SMILES string of the molecule is CN(C)c1ccc(OC2CCN(C(=O)CSc3ccc(F)cc3)C2)nn1. The Hall–Kier alpha value is -2.35. The number of thioether (sulfide) groups is 1. The van der Waals surface area contributed by atoms with Gasteiger partial charge in [0, 0.05) is 38.0 Å². The lowest BCUT2D eigenvalue weighted by Gasteiger charge is -2.17. The first-order valence-corrected chi connectivity index (χ1v) is 9.33. The van der Waals surface area contributed by atoms with Gasteiger partial charge in [-0.3, -0.25) is 4.79 Å². The topological polar surface area (TPSA) is 58.6 Å². The molecule has 1 fully saturated rings. The fourth-order valence-electron chi connectivity index (χ4n) is 2.60. The number of carbonyl (C=O) groups excluding carboxylic acids is 1. The van der Waals surface area contributed by atoms with Gasteiger partial charge in [0.2, 0.25) is 11.8 Å². The molecule has 2 aromatic rings. The van der Waals surface area contributed by atoms with Crippen molar-refractivity contribution in [2.45, 2.75) is 17.4 Å². The van der Waals surface area contributed by atoms with Crippen LogP contribution in [0.5, 0.6) is 5.88 Å². The number of nitrogens with zero attached hydrogens (tertiary/aromatic N) is 4. The standard InChI is InChI=1S/C18H21FN4O2S/c1-22(2)16-7-8-17(21-20-16)25-14-9-10-23(11-14)18(24)12-26-15-5-3-13(19)4-6-15/h3-8,14H,9-12H2,1-2H3. The molecule has 1 amide bonds.